The molecule has 0 radical (unpaired) electrons. The molecule has 4 rings (SSSR count). The van der Waals surface area contributed by atoms with Crippen molar-refractivity contribution in [2.75, 3.05) is 23.3 Å². The number of carbonyl (C=O) groups excluding carboxylic acids is 1. The van der Waals surface area contributed by atoms with E-state index in [-0.39, 0.29) is 11.9 Å². The van der Waals surface area contributed by atoms with Crippen molar-refractivity contribution in [2.24, 2.45) is 0 Å². The third-order valence-electron chi connectivity index (χ3n) is 5.24. The van der Waals surface area contributed by atoms with Gasteiger partial charge < -0.3 is 20.6 Å². The molecule has 1 aliphatic rings. The molecule has 8 nitrogen and oxygen atoms in total. The van der Waals surface area contributed by atoms with Crippen molar-refractivity contribution in [3.05, 3.63) is 47.2 Å². The first kappa shape index (κ1) is 20.1. The molecule has 30 heavy (non-hydrogen) atoms. The number of fused-ring (bicyclic) bond motifs is 1. The molecule has 1 aliphatic heterocycles. The number of carbonyl (C=O) groups is 2. The molecule has 9 heteroatoms. The highest BCUT2D eigenvalue weighted by Crippen LogP contribution is 2.29. The van der Waals surface area contributed by atoms with E-state index in [9.17, 15) is 9.59 Å². The lowest BCUT2D eigenvalue weighted by Crippen LogP contribution is -2.47. The number of nitrogens with zero attached hydrogens (tertiary/aromatic N) is 3. The van der Waals surface area contributed by atoms with Crippen molar-refractivity contribution in [1.82, 2.24) is 15.3 Å². The number of hydrogen-bond acceptors (Lipinski definition) is 6. The number of aryl methyl sites for hydroxylation is 1. The first-order valence-electron chi connectivity index (χ1n) is 9.92. The number of thiophene rings is 1. The third kappa shape index (κ3) is 4.20. The van der Waals surface area contributed by atoms with E-state index in [1.807, 2.05) is 12.1 Å². The number of rotatable bonds is 5. The molecule has 0 unspecified atom stereocenters. The molecule has 0 bridgehead atoms. The van der Waals surface area contributed by atoms with E-state index in [0.717, 1.165) is 47.3 Å². The summed E-state index contributed by atoms with van der Waals surface area (Å²) in [6.45, 7) is 3.39. The minimum Gasteiger partial charge on any atom is -0.465 e. The quantitative estimate of drug-likeness (QED) is 0.575. The fourth-order valence-electron chi connectivity index (χ4n) is 3.77. The fourth-order valence-corrected chi connectivity index (χ4v) is 4.76. The Kier molecular flexibility index (Phi) is 5.80. The Labute approximate surface area is 178 Å². The molecule has 0 aromatic carbocycles. The zero-order chi connectivity index (χ0) is 21.1. The first-order chi connectivity index (χ1) is 14.5. The number of amides is 2. The van der Waals surface area contributed by atoms with Gasteiger partial charge in [-0.1, -0.05) is 6.92 Å². The van der Waals surface area contributed by atoms with Crippen LogP contribution in [0.5, 0.6) is 0 Å². The summed E-state index contributed by atoms with van der Waals surface area (Å²) in [7, 11) is 0. The van der Waals surface area contributed by atoms with Crippen molar-refractivity contribution >= 4 is 44.9 Å². The zero-order valence-corrected chi connectivity index (χ0v) is 17.4. The van der Waals surface area contributed by atoms with Crippen LogP contribution in [-0.4, -0.2) is 46.2 Å². The smallest absolute Gasteiger partial charge is 0.404 e. The summed E-state index contributed by atoms with van der Waals surface area (Å²) < 4.78 is 1.07. The molecular formula is C21H23N5O3S. The largest absolute Gasteiger partial charge is 0.465 e. The van der Waals surface area contributed by atoms with E-state index >= 15 is 0 Å². The van der Waals surface area contributed by atoms with Gasteiger partial charge in [0, 0.05) is 25.3 Å². The molecule has 1 fully saturated rings. The first-order valence-corrected chi connectivity index (χ1v) is 10.8. The van der Waals surface area contributed by atoms with E-state index in [1.165, 1.54) is 0 Å². The van der Waals surface area contributed by atoms with Crippen LogP contribution in [0.25, 0.3) is 10.2 Å². The Morgan fingerprint density at radius 2 is 2.20 bits per heavy atom. The van der Waals surface area contributed by atoms with Gasteiger partial charge in [-0.25, -0.2) is 9.78 Å². The van der Waals surface area contributed by atoms with Crippen LogP contribution in [-0.2, 0) is 6.42 Å². The molecule has 4 heterocycles. The molecule has 3 aromatic heterocycles. The fraction of sp³-hybridized carbons (Fsp3) is 0.333. The molecule has 0 saturated carbocycles. The van der Waals surface area contributed by atoms with Gasteiger partial charge >= 0.3 is 6.09 Å². The highest BCUT2D eigenvalue weighted by molar-refractivity contribution is 7.17. The summed E-state index contributed by atoms with van der Waals surface area (Å²) in [4.78, 5) is 34.7. The Morgan fingerprint density at radius 3 is 3.00 bits per heavy atom. The van der Waals surface area contributed by atoms with Gasteiger partial charge in [0.25, 0.3) is 5.91 Å². The standard InChI is InChI=1S/C21H23N5O3S/c1-2-13-12-30-18-6-5-15(24-19(13)18)20(27)25-16-10-22-8-7-17(16)26-9-3-4-14(11-26)23-21(28)29/h5-8,10,12,14,23H,2-4,9,11H2,1H3,(H,25,27)(H,28,29)/t14-/m0/s1. The maximum absolute atomic E-state index is 12.9. The Balaban J connectivity index is 1.55. The van der Waals surface area contributed by atoms with Gasteiger partial charge in [-0.05, 0) is 48.4 Å². The van der Waals surface area contributed by atoms with Crippen LogP contribution in [0.15, 0.2) is 36.0 Å². The summed E-state index contributed by atoms with van der Waals surface area (Å²) >= 11 is 1.63. The predicted octanol–water partition coefficient (Wildman–Crippen LogP) is 3.74. The summed E-state index contributed by atoms with van der Waals surface area (Å²) in [6, 6.07) is 5.35. The summed E-state index contributed by atoms with van der Waals surface area (Å²) in [5.74, 6) is -0.295. The second-order valence-electron chi connectivity index (χ2n) is 7.24. The maximum atomic E-state index is 12.9. The Morgan fingerprint density at radius 1 is 1.33 bits per heavy atom. The number of nitrogens with one attached hydrogen (secondary N) is 2. The minimum absolute atomic E-state index is 0.150. The number of carboxylic acid groups (broad SMARTS) is 1. The number of aromatic nitrogens is 2. The highest BCUT2D eigenvalue weighted by atomic mass is 32.1. The van der Waals surface area contributed by atoms with Crippen LogP contribution in [0.2, 0.25) is 0 Å². The summed E-state index contributed by atoms with van der Waals surface area (Å²) in [5.41, 5.74) is 3.77. The number of piperidine rings is 1. The van der Waals surface area contributed by atoms with Crippen LogP contribution in [0.3, 0.4) is 0 Å². The monoisotopic (exact) mass is 425 g/mol. The van der Waals surface area contributed by atoms with E-state index in [0.29, 0.717) is 17.9 Å². The molecule has 0 spiro atoms. The Bertz CT molecular complexity index is 1080. The molecule has 1 saturated heterocycles. The second kappa shape index (κ2) is 8.66. The van der Waals surface area contributed by atoms with E-state index in [1.54, 1.807) is 29.8 Å². The van der Waals surface area contributed by atoms with Crippen LogP contribution in [0, 0.1) is 0 Å². The van der Waals surface area contributed by atoms with Crippen LogP contribution in [0.4, 0.5) is 16.2 Å². The van der Waals surface area contributed by atoms with Crippen molar-refractivity contribution in [2.45, 2.75) is 32.2 Å². The van der Waals surface area contributed by atoms with E-state index < -0.39 is 6.09 Å². The number of pyridine rings is 2. The molecule has 3 aromatic rings. The summed E-state index contributed by atoms with van der Waals surface area (Å²) in [6.07, 6.45) is 4.78. The zero-order valence-electron chi connectivity index (χ0n) is 16.6. The van der Waals surface area contributed by atoms with Gasteiger partial charge in [-0.15, -0.1) is 11.3 Å². The SMILES string of the molecule is CCc1csc2ccc(C(=O)Nc3cnccc3N3CCC[C@H](NC(=O)O)C3)nc12. The van der Waals surface area contributed by atoms with Crippen LogP contribution in [0.1, 0.15) is 35.8 Å². The predicted molar refractivity (Wildman–Crippen MR) is 118 cm³/mol. The maximum Gasteiger partial charge on any atom is 0.404 e. The molecule has 1 atom stereocenters. The molecule has 2 amide bonds. The number of anilines is 2. The number of hydrogen-bond donors (Lipinski definition) is 3. The average molecular weight is 426 g/mol. The molecule has 0 aliphatic carbocycles. The van der Waals surface area contributed by atoms with E-state index in [2.05, 4.69) is 37.8 Å². The lowest BCUT2D eigenvalue weighted by molar-refractivity contribution is 0.102. The van der Waals surface area contributed by atoms with Crippen LogP contribution < -0.4 is 15.5 Å². The van der Waals surface area contributed by atoms with E-state index in [4.69, 9.17) is 5.11 Å². The lowest BCUT2D eigenvalue weighted by atomic mass is 10.0. The highest BCUT2D eigenvalue weighted by Gasteiger charge is 2.24. The second-order valence-corrected chi connectivity index (χ2v) is 8.15. The third-order valence-corrected chi connectivity index (χ3v) is 6.23. The van der Waals surface area contributed by atoms with Gasteiger partial charge in [0.2, 0.25) is 0 Å². The van der Waals surface area contributed by atoms with Crippen molar-refractivity contribution < 1.29 is 14.7 Å². The van der Waals surface area contributed by atoms with Crippen molar-refractivity contribution in [1.29, 1.82) is 0 Å². The van der Waals surface area contributed by atoms with Gasteiger partial charge in [0.05, 0.1) is 27.8 Å². The normalized spacial score (nSPS) is 16.4. The topological polar surface area (TPSA) is 107 Å². The minimum atomic E-state index is -1.02. The molecular weight excluding hydrogens is 402 g/mol. The molecule has 156 valence electrons. The summed E-state index contributed by atoms with van der Waals surface area (Å²) in [5, 5.41) is 16.6. The molecule has 3 N–H and O–H groups in total. The van der Waals surface area contributed by atoms with Crippen molar-refractivity contribution in [3.8, 4) is 0 Å². The van der Waals surface area contributed by atoms with Crippen molar-refractivity contribution in [3.63, 3.8) is 0 Å². The average Bonchev–Trinajstić information content (AvgIpc) is 3.16. The van der Waals surface area contributed by atoms with Gasteiger partial charge in [0.15, 0.2) is 0 Å². The van der Waals surface area contributed by atoms with Gasteiger partial charge in [-0.2, -0.15) is 0 Å². The van der Waals surface area contributed by atoms with Gasteiger partial charge in [-0.3, -0.25) is 9.78 Å². The lowest BCUT2D eigenvalue weighted by Gasteiger charge is -2.35. The Hall–Kier alpha value is -3.20. The van der Waals surface area contributed by atoms with Gasteiger partial charge in [0.1, 0.15) is 5.69 Å². The van der Waals surface area contributed by atoms with Crippen LogP contribution >= 0.6 is 11.3 Å².